The molecule has 1 N–H and O–H groups in total. The normalized spacial score (nSPS) is 9.90. The molecular formula is C9H11O. The summed E-state index contributed by atoms with van der Waals surface area (Å²) in [6.07, 6.45) is 0. The third-order valence-electron chi connectivity index (χ3n) is 1.59. The largest absolute Gasteiger partial charge is 0.392 e. The van der Waals surface area contributed by atoms with Gasteiger partial charge in [-0.2, -0.15) is 0 Å². The minimum atomic E-state index is 0.112. The van der Waals surface area contributed by atoms with E-state index in [1.54, 1.807) is 0 Å². The summed E-state index contributed by atoms with van der Waals surface area (Å²) in [7, 11) is 0. The first-order valence-electron chi connectivity index (χ1n) is 3.26. The number of hydrogen-bond acceptors (Lipinski definition) is 1. The van der Waals surface area contributed by atoms with Crippen molar-refractivity contribution >= 4 is 0 Å². The van der Waals surface area contributed by atoms with Crippen molar-refractivity contribution in [3.8, 4) is 0 Å². The van der Waals surface area contributed by atoms with Crippen LogP contribution >= 0.6 is 0 Å². The van der Waals surface area contributed by atoms with E-state index in [0.29, 0.717) is 0 Å². The van der Waals surface area contributed by atoms with Crippen molar-refractivity contribution in [2.24, 2.45) is 0 Å². The molecule has 1 radical (unpaired) electrons. The number of aliphatic hydroxyl groups is 1. The maximum atomic E-state index is 8.73. The zero-order chi connectivity index (χ0) is 7.56. The second-order valence-corrected chi connectivity index (χ2v) is 2.42. The number of benzene rings is 1. The van der Waals surface area contributed by atoms with E-state index in [1.165, 1.54) is 0 Å². The van der Waals surface area contributed by atoms with Gasteiger partial charge in [-0.15, -0.1) is 0 Å². The number of aryl methyl sites for hydroxylation is 1. The molecule has 0 saturated heterocycles. The molecule has 0 aliphatic heterocycles. The lowest BCUT2D eigenvalue weighted by atomic mass is 10.1. The number of rotatable bonds is 1. The third-order valence-corrected chi connectivity index (χ3v) is 1.59. The molecular weight excluding hydrogens is 124 g/mol. The Morgan fingerprint density at radius 2 is 2.20 bits per heavy atom. The Labute approximate surface area is 61.3 Å². The lowest BCUT2D eigenvalue weighted by Crippen LogP contribution is -1.86. The van der Waals surface area contributed by atoms with Crippen molar-refractivity contribution in [3.05, 3.63) is 41.8 Å². The topological polar surface area (TPSA) is 20.2 Å². The van der Waals surface area contributed by atoms with E-state index in [0.717, 1.165) is 16.7 Å². The van der Waals surface area contributed by atoms with Crippen LogP contribution < -0.4 is 0 Å². The third kappa shape index (κ3) is 1.36. The fourth-order valence-corrected chi connectivity index (χ4v) is 0.856. The van der Waals surface area contributed by atoms with E-state index in [1.807, 2.05) is 25.1 Å². The van der Waals surface area contributed by atoms with Gasteiger partial charge in [0.05, 0.1) is 6.61 Å². The summed E-state index contributed by atoms with van der Waals surface area (Å²) >= 11 is 0. The quantitative estimate of drug-likeness (QED) is 0.621. The molecule has 0 fully saturated rings. The molecule has 1 heteroatoms. The minimum absolute atomic E-state index is 0.112. The van der Waals surface area contributed by atoms with Crippen molar-refractivity contribution in [3.63, 3.8) is 0 Å². The van der Waals surface area contributed by atoms with E-state index in [-0.39, 0.29) is 6.61 Å². The summed E-state index contributed by atoms with van der Waals surface area (Å²) in [5, 5.41) is 8.73. The van der Waals surface area contributed by atoms with Gasteiger partial charge in [-0.3, -0.25) is 0 Å². The molecule has 10 heavy (non-hydrogen) atoms. The summed E-state index contributed by atoms with van der Waals surface area (Å²) < 4.78 is 0. The van der Waals surface area contributed by atoms with Gasteiger partial charge in [0.1, 0.15) is 0 Å². The maximum Gasteiger partial charge on any atom is 0.0681 e. The van der Waals surface area contributed by atoms with Gasteiger partial charge in [0, 0.05) is 0 Å². The van der Waals surface area contributed by atoms with E-state index < -0.39 is 0 Å². The molecule has 1 aromatic carbocycles. The highest BCUT2D eigenvalue weighted by molar-refractivity contribution is 5.32. The molecule has 0 aliphatic carbocycles. The summed E-state index contributed by atoms with van der Waals surface area (Å²) in [6, 6.07) is 5.75. The second-order valence-electron chi connectivity index (χ2n) is 2.42. The Balaban J connectivity index is 3.04. The lowest BCUT2D eigenvalue weighted by molar-refractivity contribution is 0.282. The minimum Gasteiger partial charge on any atom is -0.392 e. The smallest absolute Gasteiger partial charge is 0.0681 e. The van der Waals surface area contributed by atoms with E-state index in [9.17, 15) is 0 Å². The Morgan fingerprint density at radius 1 is 1.50 bits per heavy atom. The van der Waals surface area contributed by atoms with Gasteiger partial charge in [-0.25, -0.2) is 0 Å². The molecule has 1 nitrogen and oxygen atoms in total. The van der Waals surface area contributed by atoms with Crippen molar-refractivity contribution in [2.45, 2.75) is 13.5 Å². The summed E-state index contributed by atoms with van der Waals surface area (Å²) in [4.78, 5) is 0. The van der Waals surface area contributed by atoms with E-state index >= 15 is 0 Å². The van der Waals surface area contributed by atoms with Gasteiger partial charge in [0.2, 0.25) is 0 Å². The van der Waals surface area contributed by atoms with Crippen LogP contribution in [0.1, 0.15) is 16.7 Å². The van der Waals surface area contributed by atoms with Crippen LogP contribution in [0.4, 0.5) is 0 Å². The van der Waals surface area contributed by atoms with Crippen molar-refractivity contribution in [1.82, 2.24) is 0 Å². The highest BCUT2D eigenvalue weighted by Gasteiger charge is 1.92. The number of hydrogen-bond donors (Lipinski definition) is 1. The highest BCUT2D eigenvalue weighted by Crippen LogP contribution is 2.08. The summed E-state index contributed by atoms with van der Waals surface area (Å²) in [5.41, 5.74) is 3.11. The van der Waals surface area contributed by atoms with Gasteiger partial charge in [0.25, 0.3) is 0 Å². The SMILES string of the molecule is [CH2]c1ccc(CO)cc1C. The summed E-state index contributed by atoms with van der Waals surface area (Å²) in [6.45, 7) is 5.91. The first-order chi connectivity index (χ1) is 4.74. The van der Waals surface area contributed by atoms with Gasteiger partial charge < -0.3 is 5.11 Å². The number of aliphatic hydroxyl groups excluding tert-OH is 1. The fourth-order valence-electron chi connectivity index (χ4n) is 0.856. The Kier molecular flexibility index (Phi) is 2.07. The predicted molar refractivity (Wildman–Crippen MR) is 41.6 cm³/mol. The molecule has 0 spiro atoms. The molecule has 1 rings (SSSR count). The van der Waals surface area contributed by atoms with Crippen LogP contribution in [0.15, 0.2) is 18.2 Å². The first-order valence-corrected chi connectivity index (χ1v) is 3.26. The molecule has 0 amide bonds. The Bertz CT molecular complexity index is 228. The molecule has 0 unspecified atom stereocenters. The Morgan fingerprint density at radius 3 is 2.70 bits per heavy atom. The molecule has 0 bridgehead atoms. The zero-order valence-electron chi connectivity index (χ0n) is 6.09. The van der Waals surface area contributed by atoms with E-state index in [4.69, 9.17) is 5.11 Å². The second kappa shape index (κ2) is 2.84. The van der Waals surface area contributed by atoms with Crippen LogP contribution in [0.2, 0.25) is 0 Å². The van der Waals surface area contributed by atoms with Gasteiger partial charge in [-0.05, 0) is 30.5 Å². The standard InChI is InChI=1S/C9H11O/c1-7-3-4-9(6-10)5-8(7)2/h3-5,10H,1,6H2,2H3. The Hall–Kier alpha value is -0.820. The zero-order valence-corrected chi connectivity index (χ0v) is 6.09. The molecule has 0 saturated carbocycles. The van der Waals surface area contributed by atoms with Crippen LogP contribution in [-0.4, -0.2) is 5.11 Å². The lowest BCUT2D eigenvalue weighted by Gasteiger charge is -2.00. The van der Waals surface area contributed by atoms with Crippen molar-refractivity contribution < 1.29 is 5.11 Å². The molecule has 1 aromatic rings. The van der Waals surface area contributed by atoms with Gasteiger partial charge in [0.15, 0.2) is 0 Å². The van der Waals surface area contributed by atoms with Crippen LogP contribution in [0.5, 0.6) is 0 Å². The molecule has 53 valence electrons. The monoisotopic (exact) mass is 135 g/mol. The van der Waals surface area contributed by atoms with E-state index in [2.05, 4.69) is 6.92 Å². The predicted octanol–water partition coefficient (Wildman–Crippen LogP) is 1.67. The molecule has 0 atom stereocenters. The van der Waals surface area contributed by atoms with Crippen molar-refractivity contribution in [2.75, 3.05) is 0 Å². The van der Waals surface area contributed by atoms with Crippen LogP contribution in [0, 0.1) is 13.8 Å². The van der Waals surface area contributed by atoms with Crippen molar-refractivity contribution in [1.29, 1.82) is 0 Å². The first kappa shape index (κ1) is 7.29. The molecule has 0 aliphatic rings. The summed E-state index contributed by atoms with van der Waals surface area (Å²) in [5.74, 6) is 0. The van der Waals surface area contributed by atoms with Gasteiger partial charge >= 0.3 is 0 Å². The molecule has 0 aromatic heterocycles. The van der Waals surface area contributed by atoms with Crippen LogP contribution in [0.25, 0.3) is 0 Å². The average molecular weight is 135 g/mol. The van der Waals surface area contributed by atoms with Crippen LogP contribution in [-0.2, 0) is 6.61 Å². The highest BCUT2D eigenvalue weighted by atomic mass is 16.3. The maximum absolute atomic E-state index is 8.73. The molecule has 0 heterocycles. The van der Waals surface area contributed by atoms with Crippen LogP contribution in [0.3, 0.4) is 0 Å². The van der Waals surface area contributed by atoms with Gasteiger partial charge in [-0.1, -0.05) is 18.2 Å². The average Bonchev–Trinajstić information content (AvgIpc) is 1.95. The fraction of sp³-hybridized carbons (Fsp3) is 0.222.